The summed E-state index contributed by atoms with van der Waals surface area (Å²) >= 11 is 0. The van der Waals surface area contributed by atoms with Crippen molar-refractivity contribution in [1.29, 1.82) is 0 Å². The summed E-state index contributed by atoms with van der Waals surface area (Å²) in [5.41, 5.74) is 1.66. The fraction of sp³-hybridized carbons (Fsp3) is 0.360. The minimum atomic E-state index is -0.512. The molecule has 184 valence electrons. The molecule has 0 amide bonds. The van der Waals surface area contributed by atoms with E-state index in [0.717, 1.165) is 24.1 Å². The van der Waals surface area contributed by atoms with Gasteiger partial charge in [-0.2, -0.15) is 9.78 Å². The van der Waals surface area contributed by atoms with Crippen LogP contribution in [0, 0.1) is 10.1 Å². The lowest BCUT2D eigenvalue weighted by Gasteiger charge is -2.26. The van der Waals surface area contributed by atoms with E-state index in [9.17, 15) is 20.0 Å². The number of anilines is 2. The van der Waals surface area contributed by atoms with Gasteiger partial charge in [-0.25, -0.2) is 0 Å². The van der Waals surface area contributed by atoms with E-state index in [1.165, 1.54) is 6.07 Å². The second kappa shape index (κ2) is 10.1. The van der Waals surface area contributed by atoms with Crippen LogP contribution in [0.3, 0.4) is 0 Å². The van der Waals surface area contributed by atoms with E-state index in [1.807, 2.05) is 24.0 Å². The predicted octanol–water partition coefficient (Wildman–Crippen LogP) is 3.23. The third kappa shape index (κ3) is 4.69. The molecule has 0 saturated carbocycles. The van der Waals surface area contributed by atoms with E-state index in [4.69, 9.17) is 4.74 Å². The minimum Gasteiger partial charge on any atom is -0.497 e. The zero-order valence-corrected chi connectivity index (χ0v) is 20.0. The fourth-order valence-electron chi connectivity index (χ4n) is 4.39. The van der Waals surface area contributed by atoms with Crippen LogP contribution in [-0.4, -0.2) is 59.7 Å². The molecule has 10 nitrogen and oxygen atoms in total. The molecule has 0 aliphatic carbocycles. The van der Waals surface area contributed by atoms with Crippen molar-refractivity contribution in [2.45, 2.75) is 25.8 Å². The molecule has 1 aliphatic rings. The van der Waals surface area contributed by atoms with E-state index in [2.05, 4.69) is 5.10 Å². The van der Waals surface area contributed by atoms with Crippen LogP contribution in [-0.2, 0) is 0 Å². The summed E-state index contributed by atoms with van der Waals surface area (Å²) in [5.74, 6) is 0.629. The largest absolute Gasteiger partial charge is 0.497 e. The van der Waals surface area contributed by atoms with Gasteiger partial charge in [-0.15, -0.1) is 0 Å². The Bertz CT molecular complexity index is 1290. The minimum absolute atomic E-state index is 0.0126. The molecule has 10 heteroatoms. The van der Waals surface area contributed by atoms with Crippen molar-refractivity contribution in [2.75, 3.05) is 43.7 Å². The van der Waals surface area contributed by atoms with Crippen LogP contribution in [0.25, 0.3) is 16.9 Å². The van der Waals surface area contributed by atoms with Gasteiger partial charge in [0, 0.05) is 37.5 Å². The van der Waals surface area contributed by atoms with Crippen LogP contribution < -0.4 is 20.1 Å². The van der Waals surface area contributed by atoms with Crippen LogP contribution in [0.2, 0.25) is 0 Å². The SMILES string of the molecule is CCN(C)c1cc(-c2cccc(OC)c2)nn(-c2cc(N3CCC[C@H]3CO)ccc2[N+](=O)[O-])c1=O. The lowest BCUT2D eigenvalue weighted by atomic mass is 10.1. The quantitative estimate of drug-likeness (QED) is 0.387. The van der Waals surface area contributed by atoms with E-state index in [0.29, 0.717) is 34.9 Å². The van der Waals surface area contributed by atoms with Crippen LogP contribution in [0.5, 0.6) is 5.75 Å². The first-order chi connectivity index (χ1) is 16.9. The average Bonchev–Trinajstić information content (AvgIpc) is 3.37. The summed E-state index contributed by atoms with van der Waals surface area (Å²) in [7, 11) is 3.36. The van der Waals surface area contributed by atoms with Crippen molar-refractivity contribution in [2.24, 2.45) is 0 Å². The number of nitro groups is 1. The molecule has 1 atom stereocenters. The molecular weight excluding hydrogens is 450 g/mol. The summed E-state index contributed by atoms with van der Waals surface area (Å²) in [4.78, 5) is 28.8. The lowest BCUT2D eigenvalue weighted by Crippen LogP contribution is -2.33. The molecule has 1 aliphatic heterocycles. The van der Waals surface area contributed by atoms with Crippen LogP contribution in [0.1, 0.15) is 19.8 Å². The van der Waals surface area contributed by atoms with Crippen LogP contribution in [0.4, 0.5) is 17.1 Å². The van der Waals surface area contributed by atoms with Gasteiger partial charge in [0.25, 0.3) is 11.2 Å². The third-order valence-electron chi connectivity index (χ3n) is 6.45. The molecule has 0 radical (unpaired) electrons. The Labute approximate surface area is 203 Å². The highest BCUT2D eigenvalue weighted by atomic mass is 16.6. The monoisotopic (exact) mass is 479 g/mol. The third-order valence-corrected chi connectivity index (χ3v) is 6.45. The Morgan fingerprint density at radius 2 is 2.06 bits per heavy atom. The summed E-state index contributed by atoms with van der Waals surface area (Å²) in [6.07, 6.45) is 1.74. The highest BCUT2D eigenvalue weighted by Crippen LogP contribution is 2.32. The highest BCUT2D eigenvalue weighted by Gasteiger charge is 2.27. The highest BCUT2D eigenvalue weighted by molar-refractivity contribution is 5.68. The lowest BCUT2D eigenvalue weighted by molar-refractivity contribution is -0.384. The zero-order chi connectivity index (χ0) is 25.1. The number of rotatable bonds is 8. The molecule has 1 N–H and O–H groups in total. The number of ether oxygens (including phenoxy) is 1. The summed E-state index contributed by atoms with van der Waals surface area (Å²) in [6.45, 7) is 3.19. The second-order valence-electron chi connectivity index (χ2n) is 8.48. The molecule has 1 fully saturated rings. The Kier molecular flexibility index (Phi) is 7.02. The van der Waals surface area contributed by atoms with Gasteiger partial charge in [0.15, 0.2) is 0 Å². The van der Waals surface area contributed by atoms with Gasteiger partial charge in [0.2, 0.25) is 0 Å². The standard InChI is InChI=1S/C25H29N5O5/c1-4-27(2)24-15-21(17-7-5-9-20(13-17)35-3)26-29(25(24)32)23-14-18(10-11-22(23)30(33)34)28-12-6-8-19(28)16-31/h5,7,9-11,13-15,19,31H,4,6,8,12,16H2,1-3H3/t19-/m0/s1. The Balaban J connectivity index is 1.96. The topological polar surface area (TPSA) is 114 Å². The zero-order valence-electron chi connectivity index (χ0n) is 20.0. The Hall–Kier alpha value is -3.92. The van der Waals surface area contributed by atoms with Gasteiger partial charge in [0.05, 0.1) is 30.4 Å². The maximum absolute atomic E-state index is 13.6. The number of benzene rings is 2. The Morgan fingerprint density at radius 1 is 1.26 bits per heavy atom. The van der Waals surface area contributed by atoms with Crippen molar-refractivity contribution < 1.29 is 14.8 Å². The smallest absolute Gasteiger partial charge is 0.295 e. The first kappa shape index (κ1) is 24.2. The number of aliphatic hydroxyl groups is 1. The van der Waals surface area contributed by atoms with Gasteiger partial charge >= 0.3 is 0 Å². The van der Waals surface area contributed by atoms with E-state index in [-0.39, 0.29) is 24.0 Å². The van der Waals surface area contributed by atoms with Gasteiger partial charge in [-0.05, 0) is 50.1 Å². The first-order valence-corrected chi connectivity index (χ1v) is 11.5. The van der Waals surface area contributed by atoms with Crippen LogP contribution in [0.15, 0.2) is 53.3 Å². The maximum atomic E-state index is 13.6. The number of hydrogen-bond acceptors (Lipinski definition) is 8. The summed E-state index contributed by atoms with van der Waals surface area (Å²) in [6, 6.07) is 13.6. The summed E-state index contributed by atoms with van der Waals surface area (Å²) in [5, 5.41) is 26.3. The van der Waals surface area contributed by atoms with Gasteiger partial charge in [-0.3, -0.25) is 14.9 Å². The fourth-order valence-corrected chi connectivity index (χ4v) is 4.39. The van der Waals surface area contributed by atoms with Crippen molar-refractivity contribution in [3.8, 4) is 22.7 Å². The first-order valence-electron chi connectivity index (χ1n) is 11.5. The number of aliphatic hydroxyl groups excluding tert-OH is 1. The van der Waals surface area contributed by atoms with Gasteiger partial charge in [-0.1, -0.05) is 12.1 Å². The van der Waals surface area contributed by atoms with E-state index < -0.39 is 10.5 Å². The number of methoxy groups -OCH3 is 1. The van der Waals surface area contributed by atoms with Crippen LogP contribution >= 0.6 is 0 Å². The van der Waals surface area contributed by atoms with E-state index in [1.54, 1.807) is 49.4 Å². The van der Waals surface area contributed by atoms with Gasteiger partial charge < -0.3 is 19.6 Å². The molecule has 35 heavy (non-hydrogen) atoms. The average molecular weight is 480 g/mol. The normalized spacial score (nSPS) is 15.3. The number of hydrogen-bond donors (Lipinski definition) is 1. The molecule has 0 bridgehead atoms. The van der Waals surface area contributed by atoms with Gasteiger partial charge in [0.1, 0.15) is 17.1 Å². The number of nitrogens with zero attached hydrogens (tertiary/aromatic N) is 5. The molecule has 4 rings (SSSR count). The van der Waals surface area contributed by atoms with Crippen molar-refractivity contribution in [1.82, 2.24) is 9.78 Å². The van der Waals surface area contributed by atoms with Crippen molar-refractivity contribution >= 4 is 17.1 Å². The molecule has 1 saturated heterocycles. The molecule has 3 aromatic rings. The second-order valence-corrected chi connectivity index (χ2v) is 8.48. The number of nitro benzene ring substituents is 1. The summed E-state index contributed by atoms with van der Waals surface area (Å²) < 4.78 is 6.45. The molecule has 2 aromatic carbocycles. The van der Waals surface area contributed by atoms with Crippen molar-refractivity contribution in [3.63, 3.8) is 0 Å². The molecule has 1 aromatic heterocycles. The molecular formula is C25H29N5O5. The number of aromatic nitrogens is 2. The van der Waals surface area contributed by atoms with Crippen molar-refractivity contribution in [3.05, 3.63) is 69.0 Å². The molecule has 0 spiro atoms. The molecule has 0 unspecified atom stereocenters. The Morgan fingerprint density at radius 3 is 2.74 bits per heavy atom. The van der Waals surface area contributed by atoms with E-state index >= 15 is 0 Å². The molecule has 2 heterocycles. The predicted molar refractivity (Wildman–Crippen MR) is 135 cm³/mol. The maximum Gasteiger partial charge on any atom is 0.295 e.